The average Bonchev–Trinajstić information content (AvgIpc) is 2.46. The second-order valence-corrected chi connectivity index (χ2v) is 5.59. The summed E-state index contributed by atoms with van der Waals surface area (Å²) in [6, 6.07) is 5.00. The summed E-state index contributed by atoms with van der Waals surface area (Å²) in [6.07, 6.45) is 2.69. The number of aliphatic carboxylic acids is 1. The standard InChI is InChI=1S/C15H20ClNO3/c1-10(12-9-11(16)6-7-14(12)20-2)17-8-4-3-5-13(17)15(18)19/h6-7,9-10,13H,3-5,8H2,1-2H3,(H,18,19). The summed E-state index contributed by atoms with van der Waals surface area (Å²) in [5, 5.41) is 10.0. The van der Waals surface area contributed by atoms with Crippen LogP contribution in [0.3, 0.4) is 0 Å². The summed E-state index contributed by atoms with van der Waals surface area (Å²) in [4.78, 5) is 13.5. The van der Waals surface area contributed by atoms with E-state index in [1.54, 1.807) is 13.2 Å². The van der Waals surface area contributed by atoms with E-state index >= 15 is 0 Å². The van der Waals surface area contributed by atoms with E-state index < -0.39 is 12.0 Å². The van der Waals surface area contributed by atoms with Gasteiger partial charge in [0.25, 0.3) is 0 Å². The minimum Gasteiger partial charge on any atom is -0.496 e. The highest BCUT2D eigenvalue weighted by atomic mass is 35.5. The molecule has 2 atom stereocenters. The van der Waals surface area contributed by atoms with Crippen molar-refractivity contribution in [3.05, 3.63) is 28.8 Å². The van der Waals surface area contributed by atoms with Crippen molar-refractivity contribution in [3.8, 4) is 5.75 Å². The molecule has 1 aromatic carbocycles. The zero-order chi connectivity index (χ0) is 14.7. The lowest BCUT2D eigenvalue weighted by Crippen LogP contribution is -2.45. The Bertz CT molecular complexity index is 492. The fraction of sp³-hybridized carbons (Fsp3) is 0.533. The Morgan fingerprint density at radius 3 is 2.90 bits per heavy atom. The van der Waals surface area contributed by atoms with E-state index in [0.29, 0.717) is 11.4 Å². The van der Waals surface area contributed by atoms with Crippen LogP contribution in [0.1, 0.15) is 37.8 Å². The maximum absolute atomic E-state index is 11.4. The molecule has 110 valence electrons. The van der Waals surface area contributed by atoms with Crippen molar-refractivity contribution in [1.82, 2.24) is 4.90 Å². The molecule has 0 bridgehead atoms. The fourth-order valence-electron chi connectivity index (χ4n) is 2.89. The van der Waals surface area contributed by atoms with Gasteiger partial charge in [-0.25, -0.2) is 0 Å². The molecule has 0 aliphatic carbocycles. The van der Waals surface area contributed by atoms with Crippen LogP contribution < -0.4 is 4.74 Å². The molecule has 1 heterocycles. The first-order valence-corrected chi connectivity index (χ1v) is 7.24. The van der Waals surface area contributed by atoms with Gasteiger partial charge in [-0.15, -0.1) is 0 Å². The Morgan fingerprint density at radius 1 is 1.50 bits per heavy atom. The van der Waals surface area contributed by atoms with E-state index in [0.717, 1.165) is 30.7 Å². The molecule has 0 spiro atoms. The minimum absolute atomic E-state index is 0.0370. The predicted molar refractivity (Wildman–Crippen MR) is 78.4 cm³/mol. The first-order valence-electron chi connectivity index (χ1n) is 6.86. The van der Waals surface area contributed by atoms with E-state index in [4.69, 9.17) is 16.3 Å². The lowest BCUT2D eigenvalue weighted by Gasteiger charge is -2.38. The number of hydrogen-bond acceptors (Lipinski definition) is 3. The summed E-state index contributed by atoms with van der Waals surface area (Å²) < 4.78 is 5.38. The van der Waals surface area contributed by atoms with Crippen molar-refractivity contribution in [3.63, 3.8) is 0 Å². The summed E-state index contributed by atoms with van der Waals surface area (Å²) in [6.45, 7) is 2.79. The van der Waals surface area contributed by atoms with Crippen molar-refractivity contribution in [2.75, 3.05) is 13.7 Å². The second-order valence-electron chi connectivity index (χ2n) is 5.15. The molecule has 1 aromatic rings. The summed E-state index contributed by atoms with van der Waals surface area (Å²) in [5.74, 6) is -0.00541. The average molecular weight is 298 g/mol. The van der Waals surface area contributed by atoms with E-state index in [1.165, 1.54) is 0 Å². The Kier molecular flexibility index (Phi) is 4.89. The van der Waals surface area contributed by atoms with Crippen molar-refractivity contribution in [1.29, 1.82) is 0 Å². The van der Waals surface area contributed by atoms with Crippen molar-refractivity contribution in [2.24, 2.45) is 0 Å². The van der Waals surface area contributed by atoms with Crippen LogP contribution in [0.2, 0.25) is 5.02 Å². The topological polar surface area (TPSA) is 49.8 Å². The molecule has 1 aliphatic rings. The number of carboxylic acid groups (broad SMARTS) is 1. The van der Waals surface area contributed by atoms with E-state index in [-0.39, 0.29) is 6.04 Å². The zero-order valence-electron chi connectivity index (χ0n) is 11.8. The first-order chi connectivity index (χ1) is 9.54. The van der Waals surface area contributed by atoms with Crippen molar-refractivity contribution >= 4 is 17.6 Å². The number of ether oxygens (including phenoxy) is 1. The molecule has 20 heavy (non-hydrogen) atoms. The molecule has 0 saturated carbocycles. The highest BCUT2D eigenvalue weighted by molar-refractivity contribution is 6.30. The molecule has 1 N–H and O–H groups in total. The van der Waals surface area contributed by atoms with Gasteiger partial charge >= 0.3 is 5.97 Å². The van der Waals surface area contributed by atoms with Crippen molar-refractivity contribution in [2.45, 2.75) is 38.3 Å². The number of piperidine rings is 1. The highest BCUT2D eigenvalue weighted by Gasteiger charge is 2.33. The third-order valence-electron chi connectivity index (χ3n) is 3.97. The van der Waals surface area contributed by atoms with E-state index in [9.17, 15) is 9.90 Å². The lowest BCUT2D eigenvalue weighted by molar-refractivity contribution is -0.145. The molecule has 0 aromatic heterocycles. The molecular formula is C15H20ClNO3. The van der Waals surface area contributed by atoms with Crippen LogP contribution in [0.25, 0.3) is 0 Å². The number of benzene rings is 1. The number of carboxylic acids is 1. The van der Waals surface area contributed by atoms with Crippen LogP contribution in [-0.4, -0.2) is 35.7 Å². The van der Waals surface area contributed by atoms with Gasteiger partial charge in [-0.2, -0.15) is 0 Å². The van der Waals surface area contributed by atoms with Gasteiger partial charge in [-0.05, 0) is 44.5 Å². The molecule has 2 unspecified atom stereocenters. The smallest absolute Gasteiger partial charge is 0.320 e. The number of hydrogen-bond donors (Lipinski definition) is 1. The number of likely N-dealkylation sites (tertiary alicyclic amines) is 1. The molecule has 4 nitrogen and oxygen atoms in total. The largest absolute Gasteiger partial charge is 0.496 e. The molecule has 0 radical (unpaired) electrons. The Morgan fingerprint density at radius 2 is 2.25 bits per heavy atom. The Labute approximate surface area is 124 Å². The van der Waals surface area contributed by atoms with Crippen LogP contribution in [0.15, 0.2) is 18.2 Å². The van der Waals surface area contributed by atoms with Gasteiger partial charge in [-0.3, -0.25) is 9.69 Å². The predicted octanol–water partition coefficient (Wildman–Crippen LogP) is 3.35. The van der Waals surface area contributed by atoms with Crippen LogP contribution in [0.5, 0.6) is 5.75 Å². The second kappa shape index (κ2) is 6.46. The first kappa shape index (κ1) is 15.1. The number of rotatable bonds is 4. The van der Waals surface area contributed by atoms with Gasteiger partial charge < -0.3 is 9.84 Å². The van der Waals surface area contributed by atoms with Gasteiger partial charge in [0, 0.05) is 16.6 Å². The summed E-state index contributed by atoms with van der Waals surface area (Å²) >= 11 is 6.07. The number of carbonyl (C=O) groups is 1. The minimum atomic E-state index is -0.752. The van der Waals surface area contributed by atoms with Crippen LogP contribution in [-0.2, 0) is 4.79 Å². The number of nitrogens with zero attached hydrogens (tertiary/aromatic N) is 1. The van der Waals surface area contributed by atoms with Crippen molar-refractivity contribution < 1.29 is 14.6 Å². The van der Waals surface area contributed by atoms with E-state index in [2.05, 4.69) is 0 Å². The SMILES string of the molecule is COc1ccc(Cl)cc1C(C)N1CCCCC1C(=O)O. The summed E-state index contributed by atoms with van der Waals surface area (Å²) in [5.41, 5.74) is 0.938. The third kappa shape index (κ3) is 3.07. The Balaban J connectivity index is 2.31. The van der Waals surface area contributed by atoms with Crippen LogP contribution >= 0.6 is 11.6 Å². The number of halogens is 1. The third-order valence-corrected chi connectivity index (χ3v) is 4.20. The Hall–Kier alpha value is -1.26. The monoisotopic (exact) mass is 297 g/mol. The maximum atomic E-state index is 11.4. The molecule has 0 amide bonds. The number of methoxy groups -OCH3 is 1. The van der Waals surface area contributed by atoms with Gasteiger partial charge in [0.05, 0.1) is 7.11 Å². The zero-order valence-corrected chi connectivity index (χ0v) is 12.6. The molecular weight excluding hydrogens is 278 g/mol. The van der Waals surface area contributed by atoms with Gasteiger partial charge in [0.15, 0.2) is 0 Å². The van der Waals surface area contributed by atoms with Gasteiger partial charge in [0.1, 0.15) is 11.8 Å². The lowest BCUT2D eigenvalue weighted by atomic mass is 9.96. The molecule has 2 rings (SSSR count). The van der Waals surface area contributed by atoms with Gasteiger partial charge in [0.2, 0.25) is 0 Å². The molecule has 5 heteroatoms. The highest BCUT2D eigenvalue weighted by Crippen LogP contribution is 2.35. The molecule has 1 aliphatic heterocycles. The molecule has 1 saturated heterocycles. The summed E-state index contributed by atoms with van der Waals surface area (Å²) in [7, 11) is 1.62. The maximum Gasteiger partial charge on any atom is 0.320 e. The molecule has 1 fully saturated rings. The van der Waals surface area contributed by atoms with Crippen LogP contribution in [0.4, 0.5) is 0 Å². The van der Waals surface area contributed by atoms with E-state index in [1.807, 2.05) is 24.0 Å². The van der Waals surface area contributed by atoms with Gasteiger partial charge in [-0.1, -0.05) is 18.0 Å². The fourth-order valence-corrected chi connectivity index (χ4v) is 3.07. The normalized spacial score (nSPS) is 21.4. The quantitative estimate of drug-likeness (QED) is 0.926. The van der Waals surface area contributed by atoms with Crippen LogP contribution in [0, 0.1) is 0 Å².